The summed E-state index contributed by atoms with van der Waals surface area (Å²) < 4.78 is 0. The molecular weight excluding hydrogens is 459 g/mol. The van der Waals surface area contributed by atoms with Gasteiger partial charge >= 0.3 is 0 Å². The summed E-state index contributed by atoms with van der Waals surface area (Å²) in [5.74, 6) is 2.84. The number of aliphatic imine (C=N–C) groups is 1. The van der Waals surface area contributed by atoms with Gasteiger partial charge in [0.2, 0.25) is 5.91 Å². The van der Waals surface area contributed by atoms with Crippen LogP contribution in [-0.4, -0.2) is 62.5 Å². The average Bonchev–Trinajstić information content (AvgIpc) is 2.63. The molecule has 0 aromatic carbocycles. The first-order valence-electron chi connectivity index (χ1n) is 9.84. The summed E-state index contributed by atoms with van der Waals surface area (Å²) in [4.78, 5) is 17.9. The van der Waals surface area contributed by atoms with E-state index in [4.69, 9.17) is 0 Å². The van der Waals surface area contributed by atoms with Gasteiger partial charge in [0.05, 0.1) is 0 Å². The summed E-state index contributed by atoms with van der Waals surface area (Å²) in [6.07, 6.45) is 13.9. The van der Waals surface area contributed by atoms with E-state index in [-0.39, 0.29) is 36.4 Å². The number of likely N-dealkylation sites (N-methyl/N-ethyl adjacent to an activating group) is 1. The van der Waals surface area contributed by atoms with Crippen LogP contribution in [0.4, 0.5) is 0 Å². The molecule has 0 bridgehead atoms. The molecule has 1 rings (SSSR count). The Morgan fingerprint density at radius 3 is 2.42 bits per heavy atom. The molecule has 0 aromatic heterocycles. The molecule has 0 radical (unpaired) electrons. The highest BCUT2D eigenvalue weighted by Crippen LogP contribution is 2.22. The highest BCUT2D eigenvalue weighted by atomic mass is 127. The summed E-state index contributed by atoms with van der Waals surface area (Å²) in [7, 11) is 3.55. The van der Waals surface area contributed by atoms with Gasteiger partial charge in [0.15, 0.2) is 5.96 Å². The molecule has 1 aliphatic rings. The molecule has 5 nitrogen and oxygen atoms in total. The zero-order valence-electron chi connectivity index (χ0n) is 16.9. The predicted molar refractivity (Wildman–Crippen MR) is 126 cm³/mol. The summed E-state index contributed by atoms with van der Waals surface area (Å²) in [6, 6.07) is 0. The van der Waals surface area contributed by atoms with Crippen molar-refractivity contribution in [3.05, 3.63) is 0 Å². The molecule has 0 spiro atoms. The van der Waals surface area contributed by atoms with E-state index in [0.717, 1.165) is 31.4 Å². The predicted octanol–water partition coefficient (Wildman–Crippen LogP) is 3.73. The fourth-order valence-electron chi connectivity index (χ4n) is 3.03. The van der Waals surface area contributed by atoms with Crippen molar-refractivity contribution >= 4 is 47.6 Å². The Kier molecular flexibility index (Phi) is 16.8. The maximum atomic E-state index is 11.8. The Labute approximate surface area is 181 Å². The molecule has 2 N–H and O–H groups in total. The van der Waals surface area contributed by atoms with E-state index in [0.29, 0.717) is 0 Å². The number of thioether (sulfide) groups is 1. The number of hydrogen-bond donors (Lipinski definition) is 2. The van der Waals surface area contributed by atoms with Crippen LogP contribution in [-0.2, 0) is 4.79 Å². The molecule has 0 aliphatic heterocycles. The van der Waals surface area contributed by atoms with Crippen molar-refractivity contribution < 1.29 is 4.79 Å². The number of nitrogens with zero attached hydrogens (tertiary/aromatic N) is 2. The van der Waals surface area contributed by atoms with Crippen molar-refractivity contribution in [2.45, 2.75) is 57.8 Å². The second-order valence-corrected chi connectivity index (χ2v) is 8.16. The van der Waals surface area contributed by atoms with E-state index >= 15 is 0 Å². The first kappa shape index (κ1) is 25.8. The molecule has 1 saturated carbocycles. The van der Waals surface area contributed by atoms with Crippen LogP contribution < -0.4 is 10.6 Å². The summed E-state index contributed by atoms with van der Waals surface area (Å²) in [6.45, 7) is 2.10. The van der Waals surface area contributed by atoms with Gasteiger partial charge in [-0.25, -0.2) is 4.99 Å². The fraction of sp³-hybridized carbons (Fsp3) is 0.895. The highest BCUT2D eigenvalue weighted by Gasteiger charge is 2.14. The van der Waals surface area contributed by atoms with Crippen LogP contribution in [0.2, 0.25) is 0 Å². The third-order valence-corrected chi connectivity index (χ3v) is 5.42. The van der Waals surface area contributed by atoms with E-state index in [9.17, 15) is 4.79 Å². The number of halogens is 1. The van der Waals surface area contributed by atoms with Crippen molar-refractivity contribution in [1.29, 1.82) is 0 Å². The Bertz CT molecular complexity index is 388. The van der Waals surface area contributed by atoms with Gasteiger partial charge in [-0.3, -0.25) is 4.79 Å². The van der Waals surface area contributed by atoms with E-state index in [2.05, 4.69) is 21.9 Å². The van der Waals surface area contributed by atoms with Crippen LogP contribution in [0.1, 0.15) is 57.8 Å². The third kappa shape index (κ3) is 13.1. The second kappa shape index (κ2) is 17.0. The molecule has 0 heterocycles. The van der Waals surface area contributed by atoms with Crippen LogP contribution >= 0.6 is 35.7 Å². The van der Waals surface area contributed by atoms with E-state index in [1.54, 1.807) is 19.0 Å². The Morgan fingerprint density at radius 1 is 1.08 bits per heavy atom. The summed E-state index contributed by atoms with van der Waals surface area (Å²) in [5, 5.41) is 6.87. The standard InChI is InChI=1S/C19H38N4OS.HI/c1-23(2)18(24)16-22-19(20-13-9-4-5-10-14-25-3)21-15-17-11-7-6-8-12-17;/h17H,4-16H2,1-3H3,(H2,20,21,22);1H. The van der Waals surface area contributed by atoms with Crippen molar-refractivity contribution in [3.8, 4) is 0 Å². The highest BCUT2D eigenvalue weighted by molar-refractivity contribution is 14.0. The van der Waals surface area contributed by atoms with Gasteiger partial charge in [-0.2, -0.15) is 11.8 Å². The summed E-state index contributed by atoms with van der Waals surface area (Å²) in [5.41, 5.74) is 0. The number of guanidine groups is 1. The first-order chi connectivity index (χ1) is 12.1. The normalized spacial score (nSPS) is 15.3. The molecule has 0 unspecified atom stereocenters. The molecule has 0 atom stereocenters. The number of carbonyl (C=O) groups excluding carboxylic acids is 1. The largest absolute Gasteiger partial charge is 0.356 e. The molecule has 26 heavy (non-hydrogen) atoms. The van der Waals surface area contributed by atoms with Gasteiger partial charge < -0.3 is 15.5 Å². The van der Waals surface area contributed by atoms with Crippen molar-refractivity contribution in [1.82, 2.24) is 15.5 Å². The van der Waals surface area contributed by atoms with Crippen LogP contribution in [0, 0.1) is 5.92 Å². The van der Waals surface area contributed by atoms with Gasteiger partial charge in [-0.15, -0.1) is 24.0 Å². The van der Waals surface area contributed by atoms with Crippen LogP contribution in [0.25, 0.3) is 0 Å². The average molecular weight is 499 g/mol. The quantitative estimate of drug-likeness (QED) is 0.197. The lowest BCUT2D eigenvalue weighted by Gasteiger charge is -2.23. The molecule has 1 fully saturated rings. The van der Waals surface area contributed by atoms with Crippen molar-refractivity contribution in [2.24, 2.45) is 10.9 Å². The molecule has 1 aliphatic carbocycles. The van der Waals surface area contributed by atoms with Crippen LogP contribution in [0.3, 0.4) is 0 Å². The molecule has 154 valence electrons. The number of hydrogen-bond acceptors (Lipinski definition) is 3. The Hall–Kier alpha value is -0.180. The van der Waals surface area contributed by atoms with E-state index in [1.807, 2.05) is 11.8 Å². The zero-order chi connectivity index (χ0) is 18.3. The van der Waals surface area contributed by atoms with Crippen molar-refractivity contribution in [3.63, 3.8) is 0 Å². The number of carbonyl (C=O) groups is 1. The van der Waals surface area contributed by atoms with Crippen LogP contribution in [0.5, 0.6) is 0 Å². The lowest BCUT2D eigenvalue weighted by Crippen LogP contribution is -2.41. The number of rotatable bonds is 11. The fourth-order valence-corrected chi connectivity index (χ4v) is 3.52. The molecular formula is C19H39IN4OS. The molecule has 0 aromatic rings. The Morgan fingerprint density at radius 2 is 1.77 bits per heavy atom. The molecule has 1 amide bonds. The number of unbranched alkanes of at least 4 members (excludes halogenated alkanes) is 3. The van der Waals surface area contributed by atoms with Gasteiger partial charge in [0.1, 0.15) is 6.54 Å². The first-order valence-corrected chi connectivity index (χ1v) is 11.2. The minimum Gasteiger partial charge on any atom is -0.356 e. The van der Waals surface area contributed by atoms with Crippen molar-refractivity contribution in [2.75, 3.05) is 45.7 Å². The monoisotopic (exact) mass is 498 g/mol. The van der Waals surface area contributed by atoms with Gasteiger partial charge in [0, 0.05) is 27.2 Å². The molecule has 7 heteroatoms. The third-order valence-electron chi connectivity index (χ3n) is 4.72. The van der Waals surface area contributed by atoms with Gasteiger partial charge in [-0.05, 0) is 43.6 Å². The second-order valence-electron chi connectivity index (χ2n) is 7.17. The number of amides is 1. The van der Waals surface area contributed by atoms with E-state index in [1.165, 1.54) is 57.1 Å². The topological polar surface area (TPSA) is 56.7 Å². The lowest BCUT2D eigenvalue weighted by molar-refractivity contribution is -0.127. The van der Waals surface area contributed by atoms with Gasteiger partial charge in [-0.1, -0.05) is 32.1 Å². The van der Waals surface area contributed by atoms with Crippen LogP contribution in [0.15, 0.2) is 4.99 Å². The Balaban J connectivity index is 0.00000625. The number of nitrogens with one attached hydrogen (secondary N) is 2. The minimum absolute atomic E-state index is 0. The van der Waals surface area contributed by atoms with Gasteiger partial charge in [0.25, 0.3) is 0 Å². The zero-order valence-corrected chi connectivity index (χ0v) is 20.0. The SMILES string of the molecule is CSCCCCCCNC(=NCC(=O)N(C)C)NCC1CCCCC1.I. The smallest absolute Gasteiger partial charge is 0.243 e. The maximum Gasteiger partial charge on any atom is 0.243 e. The van der Waals surface area contributed by atoms with E-state index < -0.39 is 0 Å². The molecule has 0 saturated heterocycles. The maximum absolute atomic E-state index is 11.8. The summed E-state index contributed by atoms with van der Waals surface area (Å²) >= 11 is 1.92. The minimum atomic E-state index is 0. The lowest BCUT2D eigenvalue weighted by atomic mass is 9.89.